The van der Waals surface area contributed by atoms with E-state index in [2.05, 4.69) is 0 Å². The minimum Gasteiger partial charge on any atom is -0.493 e. The van der Waals surface area contributed by atoms with Gasteiger partial charge >= 0.3 is 0 Å². The Morgan fingerprint density at radius 1 is 1.25 bits per heavy atom. The molecule has 1 aliphatic rings. The summed E-state index contributed by atoms with van der Waals surface area (Å²) in [6.45, 7) is 2.06. The van der Waals surface area contributed by atoms with Gasteiger partial charge < -0.3 is 9.47 Å². The Labute approximate surface area is 118 Å². The van der Waals surface area contributed by atoms with E-state index in [0.29, 0.717) is 6.54 Å². The van der Waals surface area contributed by atoms with Crippen LogP contribution in [0.5, 0.6) is 11.5 Å². The summed E-state index contributed by atoms with van der Waals surface area (Å²) in [6, 6.07) is 2.19. The minimum absolute atomic E-state index is 0.0162. The first-order valence-corrected chi connectivity index (χ1v) is 7.83. The van der Waals surface area contributed by atoms with Crippen molar-refractivity contribution in [3.8, 4) is 11.5 Å². The van der Waals surface area contributed by atoms with Crippen molar-refractivity contribution in [2.45, 2.75) is 30.7 Å². The summed E-state index contributed by atoms with van der Waals surface area (Å²) < 4.78 is 50.5. The Hall–Kier alpha value is -1.34. The molecule has 0 radical (unpaired) electrons. The summed E-state index contributed by atoms with van der Waals surface area (Å²) in [5.74, 6) is -0.473. The molecular formula is C13H18FNO4S. The third-order valence-electron chi connectivity index (χ3n) is 3.29. The van der Waals surface area contributed by atoms with E-state index in [9.17, 15) is 12.8 Å². The van der Waals surface area contributed by atoms with Crippen LogP contribution < -0.4 is 9.47 Å². The van der Waals surface area contributed by atoms with Crippen LogP contribution in [0.2, 0.25) is 0 Å². The van der Waals surface area contributed by atoms with Gasteiger partial charge in [-0.1, -0.05) is 6.92 Å². The van der Waals surface area contributed by atoms with Crippen molar-refractivity contribution >= 4 is 10.0 Å². The Morgan fingerprint density at radius 2 is 1.80 bits per heavy atom. The average Bonchev–Trinajstić information content (AvgIpc) is 3.23. The number of ether oxygens (including phenoxy) is 2. The lowest BCUT2D eigenvalue weighted by atomic mass is 10.3. The standard InChI is InChI=1S/C13H18FNO4S/c1-4-15(9-5-6-9)20(16,17)13-8-12(19-3)11(18-2)7-10(13)14/h7-9H,4-6H2,1-3H3. The molecule has 7 heteroatoms. The topological polar surface area (TPSA) is 55.8 Å². The van der Waals surface area contributed by atoms with E-state index in [1.807, 2.05) is 0 Å². The van der Waals surface area contributed by atoms with Gasteiger partial charge in [-0.15, -0.1) is 0 Å². The second-order valence-corrected chi connectivity index (χ2v) is 6.44. The Balaban J connectivity index is 2.50. The van der Waals surface area contributed by atoms with E-state index in [1.165, 1.54) is 24.6 Å². The second kappa shape index (κ2) is 5.57. The molecule has 5 nitrogen and oxygen atoms in total. The van der Waals surface area contributed by atoms with Gasteiger partial charge in [0.1, 0.15) is 10.7 Å². The zero-order chi connectivity index (χ0) is 14.9. The van der Waals surface area contributed by atoms with Gasteiger partial charge in [-0.3, -0.25) is 0 Å². The molecule has 0 unspecified atom stereocenters. The van der Waals surface area contributed by atoms with Crippen LogP contribution in [0.4, 0.5) is 4.39 Å². The first-order chi connectivity index (χ1) is 9.45. The number of hydrogen-bond acceptors (Lipinski definition) is 4. The summed E-state index contributed by atoms with van der Waals surface area (Å²) in [4.78, 5) is -0.371. The SMILES string of the molecule is CCN(C1CC1)S(=O)(=O)c1cc(OC)c(OC)cc1F. The van der Waals surface area contributed by atoms with Crippen LogP contribution in [-0.4, -0.2) is 39.5 Å². The second-order valence-electron chi connectivity index (χ2n) is 4.58. The lowest BCUT2D eigenvalue weighted by molar-refractivity contribution is 0.349. The maximum absolute atomic E-state index is 14.1. The number of benzene rings is 1. The predicted octanol–water partition coefficient (Wildman–Crippen LogP) is 2.02. The van der Waals surface area contributed by atoms with Gasteiger partial charge in [0.15, 0.2) is 11.5 Å². The largest absolute Gasteiger partial charge is 0.493 e. The summed E-state index contributed by atoms with van der Waals surface area (Å²) >= 11 is 0. The maximum atomic E-state index is 14.1. The molecule has 0 spiro atoms. The highest BCUT2D eigenvalue weighted by atomic mass is 32.2. The fourth-order valence-electron chi connectivity index (χ4n) is 2.15. The quantitative estimate of drug-likeness (QED) is 0.807. The first-order valence-electron chi connectivity index (χ1n) is 6.39. The zero-order valence-corrected chi connectivity index (χ0v) is 12.5. The lowest BCUT2D eigenvalue weighted by Gasteiger charge is -2.21. The number of nitrogens with zero attached hydrogens (tertiary/aromatic N) is 1. The van der Waals surface area contributed by atoms with Crippen molar-refractivity contribution in [2.24, 2.45) is 0 Å². The average molecular weight is 303 g/mol. The molecule has 0 N–H and O–H groups in total. The molecule has 0 aromatic heterocycles. The van der Waals surface area contributed by atoms with Gasteiger partial charge in [0.25, 0.3) is 0 Å². The normalized spacial score (nSPS) is 15.4. The van der Waals surface area contributed by atoms with Crippen LogP contribution in [0, 0.1) is 5.82 Å². The zero-order valence-electron chi connectivity index (χ0n) is 11.7. The van der Waals surface area contributed by atoms with Gasteiger partial charge in [-0.2, -0.15) is 4.31 Å². The third kappa shape index (κ3) is 2.60. The molecule has 2 rings (SSSR count). The Kier molecular flexibility index (Phi) is 4.19. The van der Waals surface area contributed by atoms with Crippen LogP contribution in [0.15, 0.2) is 17.0 Å². The Bertz CT molecular complexity index is 599. The van der Waals surface area contributed by atoms with Gasteiger partial charge in [-0.25, -0.2) is 12.8 Å². The third-order valence-corrected chi connectivity index (χ3v) is 5.33. The molecular weight excluding hydrogens is 285 g/mol. The van der Waals surface area contributed by atoms with Crippen LogP contribution in [0.25, 0.3) is 0 Å². The number of hydrogen-bond donors (Lipinski definition) is 0. The molecule has 0 aliphatic heterocycles. The molecule has 20 heavy (non-hydrogen) atoms. The lowest BCUT2D eigenvalue weighted by Crippen LogP contribution is -2.33. The van der Waals surface area contributed by atoms with Crippen molar-refractivity contribution < 1.29 is 22.3 Å². The molecule has 1 aromatic rings. The van der Waals surface area contributed by atoms with Crippen LogP contribution >= 0.6 is 0 Å². The van der Waals surface area contributed by atoms with E-state index in [-0.39, 0.29) is 22.4 Å². The fourth-order valence-corrected chi connectivity index (χ4v) is 3.90. The molecule has 112 valence electrons. The molecule has 0 saturated heterocycles. The van der Waals surface area contributed by atoms with Crippen LogP contribution in [0.3, 0.4) is 0 Å². The van der Waals surface area contributed by atoms with Gasteiger partial charge in [-0.05, 0) is 12.8 Å². The van der Waals surface area contributed by atoms with E-state index in [0.717, 1.165) is 18.9 Å². The van der Waals surface area contributed by atoms with Gasteiger partial charge in [0.2, 0.25) is 10.0 Å². The molecule has 0 bridgehead atoms. The summed E-state index contributed by atoms with van der Waals surface area (Å²) in [5, 5.41) is 0. The molecule has 1 aliphatic carbocycles. The van der Waals surface area contributed by atoms with Crippen molar-refractivity contribution in [3.05, 3.63) is 17.9 Å². The number of sulfonamides is 1. The molecule has 0 atom stereocenters. The maximum Gasteiger partial charge on any atom is 0.246 e. The number of halogens is 1. The molecule has 0 amide bonds. The van der Waals surface area contributed by atoms with E-state index in [4.69, 9.17) is 9.47 Å². The van der Waals surface area contributed by atoms with Crippen LogP contribution in [0.1, 0.15) is 19.8 Å². The first kappa shape index (κ1) is 15.1. The molecule has 1 fully saturated rings. The van der Waals surface area contributed by atoms with Gasteiger partial charge in [0.05, 0.1) is 14.2 Å². The highest BCUT2D eigenvalue weighted by Crippen LogP contribution is 2.36. The number of rotatable bonds is 6. The summed E-state index contributed by atoms with van der Waals surface area (Å²) in [5.41, 5.74) is 0. The highest BCUT2D eigenvalue weighted by Gasteiger charge is 2.38. The molecule has 1 saturated carbocycles. The van der Waals surface area contributed by atoms with Crippen molar-refractivity contribution in [3.63, 3.8) is 0 Å². The minimum atomic E-state index is -3.85. The molecule has 0 heterocycles. The monoisotopic (exact) mass is 303 g/mol. The smallest absolute Gasteiger partial charge is 0.246 e. The van der Waals surface area contributed by atoms with Crippen molar-refractivity contribution in [2.75, 3.05) is 20.8 Å². The predicted molar refractivity (Wildman–Crippen MR) is 72.1 cm³/mol. The summed E-state index contributed by atoms with van der Waals surface area (Å²) in [6.07, 6.45) is 1.64. The summed E-state index contributed by atoms with van der Waals surface area (Å²) in [7, 11) is -1.10. The van der Waals surface area contributed by atoms with Gasteiger partial charge in [0, 0.05) is 24.7 Å². The number of methoxy groups -OCH3 is 2. The van der Waals surface area contributed by atoms with Crippen LogP contribution in [-0.2, 0) is 10.0 Å². The van der Waals surface area contributed by atoms with Crippen molar-refractivity contribution in [1.29, 1.82) is 0 Å². The van der Waals surface area contributed by atoms with E-state index in [1.54, 1.807) is 6.92 Å². The van der Waals surface area contributed by atoms with Crippen molar-refractivity contribution in [1.82, 2.24) is 4.31 Å². The molecule has 1 aromatic carbocycles. The van der Waals surface area contributed by atoms with E-state index < -0.39 is 15.8 Å². The Morgan fingerprint density at radius 3 is 2.25 bits per heavy atom. The highest BCUT2D eigenvalue weighted by molar-refractivity contribution is 7.89. The fraction of sp³-hybridized carbons (Fsp3) is 0.538. The van der Waals surface area contributed by atoms with E-state index >= 15 is 0 Å².